The zero-order valence-electron chi connectivity index (χ0n) is 12.3. The Morgan fingerprint density at radius 2 is 1.67 bits per heavy atom. The number of nitrogens with zero attached hydrogens (tertiary/aromatic N) is 2. The fourth-order valence-electron chi connectivity index (χ4n) is 2.42. The quantitative estimate of drug-likeness (QED) is 0.675. The van der Waals surface area contributed by atoms with Gasteiger partial charge in [0, 0.05) is 13.0 Å². The molecule has 0 spiro atoms. The molecule has 0 atom stereocenters. The van der Waals surface area contributed by atoms with E-state index in [9.17, 15) is 0 Å². The van der Waals surface area contributed by atoms with Crippen molar-refractivity contribution in [3.63, 3.8) is 0 Å². The number of anilines is 1. The predicted molar refractivity (Wildman–Crippen MR) is 78.8 cm³/mol. The molecule has 1 aromatic rings. The Labute approximate surface area is 112 Å². The van der Waals surface area contributed by atoms with Gasteiger partial charge in [0.15, 0.2) is 0 Å². The Balaban J connectivity index is 2.54. The summed E-state index contributed by atoms with van der Waals surface area (Å²) >= 11 is 0. The molecule has 0 aromatic carbocycles. The summed E-state index contributed by atoms with van der Waals surface area (Å²) in [7, 11) is 0. The van der Waals surface area contributed by atoms with Crippen LogP contribution in [0.4, 0.5) is 5.82 Å². The van der Waals surface area contributed by atoms with Crippen LogP contribution in [0.15, 0.2) is 0 Å². The molecule has 0 fully saturated rings. The molecule has 3 heteroatoms. The number of aromatic nitrogens is 2. The van der Waals surface area contributed by atoms with E-state index in [0.29, 0.717) is 0 Å². The molecule has 18 heavy (non-hydrogen) atoms. The fraction of sp³-hybridized carbons (Fsp3) is 0.800. The van der Waals surface area contributed by atoms with Crippen molar-refractivity contribution in [1.29, 1.82) is 0 Å². The smallest absolute Gasteiger partial charge is 0.126 e. The maximum absolute atomic E-state index is 6.19. The number of rotatable bonds is 9. The maximum atomic E-state index is 6.19. The summed E-state index contributed by atoms with van der Waals surface area (Å²) in [6, 6.07) is 0. The first-order valence-corrected chi connectivity index (χ1v) is 7.58. The number of aryl methyl sites for hydroxylation is 2. The van der Waals surface area contributed by atoms with Gasteiger partial charge in [-0.15, -0.1) is 0 Å². The van der Waals surface area contributed by atoms with Crippen molar-refractivity contribution in [3.05, 3.63) is 11.5 Å². The minimum Gasteiger partial charge on any atom is -0.384 e. The predicted octanol–water partition coefficient (Wildman–Crippen LogP) is 3.95. The van der Waals surface area contributed by atoms with E-state index in [1.807, 2.05) is 0 Å². The Morgan fingerprint density at radius 3 is 2.28 bits per heavy atom. The van der Waals surface area contributed by atoms with Gasteiger partial charge < -0.3 is 10.3 Å². The van der Waals surface area contributed by atoms with Gasteiger partial charge in [-0.25, -0.2) is 4.98 Å². The summed E-state index contributed by atoms with van der Waals surface area (Å²) in [5.41, 5.74) is 7.31. The number of nitrogens with two attached hydrogens (primary N) is 1. The highest BCUT2D eigenvalue weighted by molar-refractivity contribution is 5.38. The Kier molecular flexibility index (Phi) is 6.84. The van der Waals surface area contributed by atoms with Crippen LogP contribution in [-0.2, 0) is 19.4 Å². The minimum absolute atomic E-state index is 0.899. The third-order valence-electron chi connectivity index (χ3n) is 3.47. The highest BCUT2D eigenvalue weighted by Gasteiger charge is 2.12. The lowest BCUT2D eigenvalue weighted by Crippen LogP contribution is -2.05. The lowest BCUT2D eigenvalue weighted by Gasteiger charge is -2.05. The van der Waals surface area contributed by atoms with E-state index in [-0.39, 0.29) is 0 Å². The molecule has 0 aliphatic rings. The van der Waals surface area contributed by atoms with Crippen molar-refractivity contribution in [2.75, 3.05) is 5.73 Å². The van der Waals surface area contributed by atoms with Crippen LogP contribution >= 0.6 is 0 Å². The Hall–Kier alpha value is -0.990. The Morgan fingerprint density at radius 1 is 0.944 bits per heavy atom. The third-order valence-corrected chi connectivity index (χ3v) is 3.47. The topological polar surface area (TPSA) is 43.8 Å². The minimum atomic E-state index is 0.899. The van der Waals surface area contributed by atoms with E-state index < -0.39 is 0 Å². The van der Waals surface area contributed by atoms with E-state index in [0.717, 1.165) is 37.3 Å². The summed E-state index contributed by atoms with van der Waals surface area (Å²) in [6.07, 6.45) is 9.71. The molecule has 2 N–H and O–H groups in total. The van der Waals surface area contributed by atoms with Crippen molar-refractivity contribution in [1.82, 2.24) is 9.55 Å². The number of hydrogen-bond donors (Lipinski definition) is 1. The molecule has 0 amide bonds. The molecule has 3 nitrogen and oxygen atoms in total. The normalized spacial score (nSPS) is 11.1. The van der Waals surface area contributed by atoms with Crippen molar-refractivity contribution in [3.8, 4) is 0 Å². The van der Waals surface area contributed by atoms with Gasteiger partial charge >= 0.3 is 0 Å². The molecular weight excluding hydrogens is 222 g/mol. The second-order valence-corrected chi connectivity index (χ2v) is 5.02. The molecule has 0 bridgehead atoms. The van der Waals surface area contributed by atoms with Crippen LogP contribution in [-0.4, -0.2) is 9.55 Å². The second kappa shape index (κ2) is 8.17. The fourth-order valence-corrected chi connectivity index (χ4v) is 2.42. The van der Waals surface area contributed by atoms with Gasteiger partial charge in [-0.3, -0.25) is 0 Å². The monoisotopic (exact) mass is 251 g/mol. The van der Waals surface area contributed by atoms with Crippen LogP contribution in [0.25, 0.3) is 0 Å². The van der Waals surface area contributed by atoms with Gasteiger partial charge in [0.1, 0.15) is 11.6 Å². The Bertz CT molecular complexity index is 342. The average molecular weight is 251 g/mol. The standard InChI is InChI=1S/C15H29N3/c1-4-7-8-9-10-12-13-15(16)18(6-3)14(17-13)11-5-2/h4-12,16H2,1-3H3. The largest absolute Gasteiger partial charge is 0.384 e. The van der Waals surface area contributed by atoms with Crippen LogP contribution in [0.3, 0.4) is 0 Å². The highest BCUT2D eigenvalue weighted by Crippen LogP contribution is 2.18. The SMILES string of the molecule is CCCCCCCc1nc(CCC)n(CC)c1N. The molecule has 0 aliphatic carbocycles. The van der Waals surface area contributed by atoms with E-state index in [4.69, 9.17) is 10.7 Å². The molecule has 1 aromatic heterocycles. The zero-order valence-corrected chi connectivity index (χ0v) is 12.3. The van der Waals surface area contributed by atoms with E-state index in [1.165, 1.54) is 37.9 Å². The van der Waals surface area contributed by atoms with E-state index in [2.05, 4.69) is 25.3 Å². The second-order valence-electron chi connectivity index (χ2n) is 5.02. The van der Waals surface area contributed by atoms with Gasteiger partial charge in [0.2, 0.25) is 0 Å². The number of imidazole rings is 1. The number of hydrogen-bond acceptors (Lipinski definition) is 2. The van der Waals surface area contributed by atoms with Crippen LogP contribution in [0, 0.1) is 0 Å². The van der Waals surface area contributed by atoms with Gasteiger partial charge in [0.05, 0.1) is 5.69 Å². The lowest BCUT2D eigenvalue weighted by molar-refractivity contribution is 0.629. The molecule has 1 rings (SSSR count). The van der Waals surface area contributed by atoms with E-state index in [1.54, 1.807) is 0 Å². The van der Waals surface area contributed by atoms with Crippen LogP contribution in [0.2, 0.25) is 0 Å². The maximum Gasteiger partial charge on any atom is 0.126 e. The van der Waals surface area contributed by atoms with Crippen LogP contribution in [0.5, 0.6) is 0 Å². The first-order chi connectivity index (χ1) is 8.74. The molecule has 1 heterocycles. The first kappa shape index (κ1) is 15.1. The van der Waals surface area contributed by atoms with Gasteiger partial charge in [-0.1, -0.05) is 39.5 Å². The molecular formula is C15H29N3. The van der Waals surface area contributed by atoms with Gasteiger partial charge in [-0.05, 0) is 26.2 Å². The van der Waals surface area contributed by atoms with Gasteiger partial charge in [-0.2, -0.15) is 0 Å². The number of nitrogen functional groups attached to an aromatic ring is 1. The molecule has 0 radical (unpaired) electrons. The summed E-state index contributed by atoms with van der Waals surface area (Å²) in [4.78, 5) is 4.73. The summed E-state index contributed by atoms with van der Waals surface area (Å²) < 4.78 is 2.17. The zero-order chi connectivity index (χ0) is 13.4. The third kappa shape index (κ3) is 4.04. The summed E-state index contributed by atoms with van der Waals surface area (Å²) in [5, 5.41) is 0. The molecule has 0 saturated heterocycles. The summed E-state index contributed by atoms with van der Waals surface area (Å²) in [5.74, 6) is 2.07. The van der Waals surface area contributed by atoms with Crippen LogP contribution in [0.1, 0.15) is 70.8 Å². The lowest BCUT2D eigenvalue weighted by atomic mass is 10.1. The molecule has 0 aliphatic heterocycles. The molecule has 104 valence electrons. The molecule has 0 unspecified atom stereocenters. The number of unbranched alkanes of at least 4 members (excludes halogenated alkanes) is 4. The summed E-state index contributed by atoms with van der Waals surface area (Å²) in [6.45, 7) is 7.51. The first-order valence-electron chi connectivity index (χ1n) is 7.58. The average Bonchev–Trinajstić information content (AvgIpc) is 2.66. The van der Waals surface area contributed by atoms with Crippen molar-refractivity contribution in [2.24, 2.45) is 0 Å². The van der Waals surface area contributed by atoms with Crippen LogP contribution < -0.4 is 5.73 Å². The van der Waals surface area contributed by atoms with Crippen molar-refractivity contribution < 1.29 is 0 Å². The van der Waals surface area contributed by atoms with Crippen molar-refractivity contribution in [2.45, 2.75) is 78.7 Å². The molecule has 0 saturated carbocycles. The van der Waals surface area contributed by atoms with Crippen molar-refractivity contribution >= 4 is 5.82 Å². The van der Waals surface area contributed by atoms with E-state index >= 15 is 0 Å². The van der Waals surface area contributed by atoms with Gasteiger partial charge in [0.25, 0.3) is 0 Å². The highest BCUT2D eigenvalue weighted by atomic mass is 15.1.